The minimum atomic E-state index is -0.167. The van der Waals surface area contributed by atoms with Crippen LogP contribution in [0.1, 0.15) is 24.5 Å². The monoisotopic (exact) mass is 415 g/mol. The number of hydrogen-bond acceptors (Lipinski definition) is 6. The number of furan rings is 1. The molecular formula is C22H17N5O2S. The minimum absolute atomic E-state index is 0.127. The van der Waals surface area contributed by atoms with Crippen molar-refractivity contribution in [2.75, 3.05) is 5.32 Å². The summed E-state index contributed by atoms with van der Waals surface area (Å²) < 4.78 is 7.47. The van der Waals surface area contributed by atoms with E-state index in [0.29, 0.717) is 11.0 Å². The van der Waals surface area contributed by atoms with Crippen LogP contribution in [0.3, 0.4) is 0 Å². The number of thiazole rings is 1. The lowest BCUT2D eigenvalue weighted by Crippen LogP contribution is -2.19. The lowest BCUT2D eigenvalue weighted by atomic mass is 10.1. The Labute approximate surface area is 175 Å². The average Bonchev–Trinajstić information content (AvgIpc) is 3.16. The smallest absolute Gasteiger partial charge is 0.247 e. The van der Waals surface area contributed by atoms with E-state index in [9.17, 15) is 4.79 Å². The normalized spacial score (nSPS) is 13.9. The number of para-hydroxylation sites is 1. The largest absolute Gasteiger partial charge is 0.456 e. The number of carbonyl (C=O) groups is 1. The fourth-order valence-electron chi connectivity index (χ4n) is 3.61. The first-order valence-electron chi connectivity index (χ1n) is 9.80. The summed E-state index contributed by atoms with van der Waals surface area (Å²) in [5.41, 5.74) is 4.49. The molecule has 1 saturated carbocycles. The Kier molecular flexibility index (Phi) is 3.92. The van der Waals surface area contributed by atoms with Gasteiger partial charge in [0.05, 0.1) is 11.4 Å². The highest BCUT2D eigenvalue weighted by molar-refractivity contribution is 7.14. The minimum Gasteiger partial charge on any atom is -0.456 e. The number of nitrogens with zero attached hydrogens (tertiary/aromatic N) is 4. The third-order valence-corrected chi connectivity index (χ3v) is 6.04. The maximum Gasteiger partial charge on any atom is 0.247 e. The Bertz CT molecular complexity index is 1400. The zero-order chi connectivity index (χ0) is 20.1. The van der Waals surface area contributed by atoms with Gasteiger partial charge in [-0.2, -0.15) is 0 Å². The van der Waals surface area contributed by atoms with Crippen LogP contribution in [0.5, 0.6) is 0 Å². The number of benzene rings is 2. The average molecular weight is 415 g/mol. The topological polar surface area (TPSA) is 85.8 Å². The number of nitrogens with one attached hydrogen (secondary N) is 1. The second kappa shape index (κ2) is 6.77. The van der Waals surface area contributed by atoms with Crippen molar-refractivity contribution in [2.24, 2.45) is 0 Å². The molecule has 0 bridgehead atoms. The van der Waals surface area contributed by atoms with E-state index in [1.165, 1.54) is 11.3 Å². The van der Waals surface area contributed by atoms with E-state index in [1.54, 1.807) is 4.68 Å². The molecule has 3 aromatic heterocycles. The molecule has 1 N–H and O–H groups in total. The molecule has 1 fully saturated rings. The van der Waals surface area contributed by atoms with E-state index in [1.807, 2.05) is 41.9 Å². The Morgan fingerprint density at radius 1 is 1.17 bits per heavy atom. The number of rotatable bonds is 5. The second-order valence-corrected chi connectivity index (χ2v) is 8.37. The second-order valence-electron chi connectivity index (χ2n) is 7.51. The summed E-state index contributed by atoms with van der Waals surface area (Å²) >= 11 is 1.40. The quantitative estimate of drug-likeness (QED) is 0.445. The van der Waals surface area contributed by atoms with E-state index >= 15 is 0 Å². The fraction of sp³-hybridized carbons (Fsp3) is 0.182. The maximum atomic E-state index is 12.4. The predicted molar refractivity (Wildman–Crippen MR) is 115 cm³/mol. The van der Waals surface area contributed by atoms with Gasteiger partial charge in [0.25, 0.3) is 0 Å². The predicted octanol–water partition coefficient (Wildman–Crippen LogP) is 4.82. The Balaban J connectivity index is 1.21. The highest BCUT2D eigenvalue weighted by atomic mass is 32.1. The van der Waals surface area contributed by atoms with E-state index in [-0.39, 0.29) is 12.5 Å². The van der Waals surface area contributed by atoms with Gasteiger partial charge in [-0.3, -0.25) is 4.79 Å². The first kappa shape index (κ1) is 17.3. The summed E-state index contributed by atoms with van der Waals surface area (Å²) in [4.78, 5) is 17.0. The first-order chi connectivity index (χ1) is 14.7. The van der Waals surface area contributed by atoms with Crippen LogP contribution in [0, 0.1) is 0 Å². The summed E-state index contributed by atoms with van der Waals surface area (Å²) in [6.45, 7) is 0.127. The van der Waals surface area contributed by atoms with Gasteiger partial charge in [0.1, 0.15) is 17.7 Å². The molecule has 1 amide bonds. The molecule has 3 heterocycles. The molecule has 0 unspecified atom stereocenters. The van der Waals surface area contributed by atoms with Crippen molar-refractivity contribution in [3.05, 3.63) is 59.7 Å². The molecule has 1 aliphatic carbocycles. The van der Waals surface area contributed by atoms with Gasteiger partial charge < -0.3 is 9.73 Å². The molecule has 1 aliphatic rings. The molecule has 5 aromatic rings. The summed E-state index contributed by atoms with van der Waals surface area (Å²) in [6.07, 6.45) is 4.18. The van der Waals surface area contributed by atoms with E-state index in [4.69, 9.17) is 4.42 Å². The van der Waals surface area contributed by atoms with Crippen molar-refractivity contribution in [3.8, 4) is 11.3 Å². The van der Waals surface area contributed by atoms with Crippen molar-refractivity contribution < 1.29 is 9.21 Å². The molecule has 6 rings (SSSR count). The first-order valence-corrected chi connectivity index (χ1v) is 10.7. The third-order valence-electron chi connectivity index (χ3n) is 5.28. The Morgan fingerprint density at radius 3 is 2.93 bits per heavy atom. The van der Waals surface area contributed by atoms with Crippen LogP contribution in [0.2, 0.25) is 0 Å². The maximum absolute atomic E-state index is 12.4. The fourth-order valence-corrected chi connectivity index (χ4v) is 4.35. The molecule has 2 aromatic carbocycles. The number of fused-ring (bicyclic) bond motifs is 3. The van der Waals surface area contributed by atoms with Gasteiger partial charge in [-0.15, -0.1) is 16.4 Å². The Hall–Kier alpha value is -3.52. The van der Waals surface area contributed by atoms with Crippen molar-refractivity contribution in [3.63, 3.8) is 0 Å². The zero-order valence-corrected chi connectivity index (χ0v) is 16.7. The van der Waals surface area contributed by atoms with Crippen LogP contribution in [-0.2, 0) is 11.3 Å². The molecule has 0 atom stereocenters. The molecule has 0 radical (unpaired) electrons. The van der Waals surface area contributed by atoms with Crippen molar-refractivity contribution in [2.45, 2.75) is 25.3 Å². The van der Waals surface area contributed by atoms with Gasteiger partial charge in [-0.1, -0.05) is 23.4 Å². The van der Waals surface area contributed by atoms with E-state index < -0.39 is 0 Å². The van der Waals surface area contributed by atoms with Crippen LogP contribution >= 0.6 is 11.3 Å². The van der Waals surface area contributed by atoms with Gasteiger partial charge in [0, 0.05) is 33.8 Å². The number of amides is 1. The highest BCUT2D eigenvalue weighted by Crippen LogP contribution is 2.38. The molecule has 8 heteroatoms. The number of carbonyl (C=O) groups excluding carboxylic acids is 1. The lowest BCUT2D eigenvalue weighted by Gasteiger charge is -2.01. The summed E-state index contributed by atoms with van der Waals surface area (Å²) in [5, 5.41) is 15.7. The number of hydrogen-bond donors (Lipinski definition) is 1. The number of anilines is 1. The number of aromatic nitrogens is 4. The van der Waals surface area contributed by atoms with Crippen LogP contribution < -0.4 is 5.32 Å². The van der Waals surface area contributed by atoms with Gasteiger partial charge in [0.15, 0.2) is 5.13 Å². The van der Waals surface area contributed by atoms with Gasteiger partial charge in [-0.05, 0) is 37.1 Å². The van der Waals surface area contributed by atoms with E-state index in [2.05, 4.69) is 32.7 Å². The van der Waals surface area contributed by atoms with Gasteiger partial charge >= 0.3 is 0 Å². The molecule has 7 nitrogen and oxygen atoms in total. The van der Waals surface area contributed by atoms with Crippen LogP contribution in [0.25, 0.3) is 33.2 Å². The summed E-state index contributed by atoms with van der Waals surface area (Å²) in [6, 6.07) is 14.0. The highest BCUT2D eigenvalue weighted by Gasteiger charge is 2.26. The molecule has 148 valence electrons. The van der Waals surface area contributed by atoms with E-state index in [0.717, 1.165) is 51.7 Å². The molecule has 30 heavy (non-hydrogen) atoms. The summed E-state index contributed by atoms with van der Waals surface area (Å²) in [7, 11) is 0. The van der Waals surface area contributed by atoms with Gasteiger partial charge in [0.2, 0.25) is 5.91 Å². The van der Waals surface area contributed by atoms with Gasteiger partial charge in [-0.25, -0.2) is 9.67 Å². The van der Waals surface area contributed by atoms with Crippen LogP contribution in [-0.4, -0.2) is 25.9 Å². The molecular weight excluding hydrogens is 398 g/mol. The third kappa shape index (κ3) is 3.15. The molecule has 0 spiro atoms. The zero-order valence-electron chi connectivity index (χ0n) is 15.9. The Morgan fingerprint density at radius 2 is 2.03 bits per heavy atom. The van der Waals surface area contributed by atoms with Crippen molar-refractivity contribution in [1.29, 1.82) is 0 Å². The molecule has 0 aliphatic heterocycles. The van der Waals surface area contributed by atoms with Crippen LogP contribution in [0.15, 0.2) is 58.5 Å². The van der Waals surface area contributed by atoms with Crippen molar-refractivity contribution in [1.82, 2.24) is 20.0 Å². The summed E-state index contributed by atoms with van der Waals surface area (Å²) in [5.74, 6) is 0.354. The molecule has 0 saturated heterocycles. The lowest BCUT2D eigenvalue weighted by molar-refractivity contribution is -0.116. The SMILES string of the molecule is O=C(Cn1cc(C2CC2)nn1)Nc1nc(-c2ccc3oc4ccccc4c3c2)cs1. The van der Waals surface area contributed by atoms with Crippen molar-refractivity contribution >= 4 is 44.3 Å². The standard InChI is InChI=1S/C22H17N5O2S/c28-21(11-27-10-17(25-26-27)13-5-6-13)24-22-23-18(12-30-22)14-7-8-20-16(9-14)15-3-1-2-4-19(15)29-20/h1-4,7-10,12-13H,5-6,11H2,(H,23,24,28). The van der Waals surface area contributed by atoms with Crippen LogP contribution in [0.4, 0.5) is 5.13 Å².